The van der Waals surface area contributed by atoms with E-state index >= 15 is 0 Å². The molecule has 328 valence electrons. The fourth-order valence-corrected chi connectivity index (χ4v) is 11.3. The van der Waals surface area contributed by atoms with E-state index in [4.69, 9.17) is 24.2 Å². The van der Waals surface area contributed by atoms with E-state index in [0.717, 1.165) is 80.2 Å². The number of allylic oxidation sites excluding steroid dienone is 1. The van der Waals surface area contributed by atoms with Crippen LogP contribution in [-0.2, 0) is 16.2 Å². The first-order valence-corrected chi connectivity index (χ1v) is 23.9. The summed E-state index contributed by atoms with van der Waals surface area (Å²) in [5, 5.41) is 38.2. The molecule has 0 amide bonds. The van der Waals surface area contributed by atoms with Gasteiger partial charge in [-0.25, -0.2) is 0 Å². The lowest BCUT2D eigenvalue weighted by molar-refractivity contribution is -0.384. The number of nitro groups is 1. The number of hydrogen-bond acceptors (Lipinski definition) is 11. The maximum absolute atomic E-state index is 11.4. The minimum Gasteiger partial charge on any atom is -0.460 e. The number of aliphatic hydroxyl groups is 2. The second kappa shape index (κ2) is 20.6. The minimum atomic E-state index is -1.16. The van der Waals surface area contributed by atoms with Gasteiger partial charge >= 0.3 is 0 Å². The van der Waals surface area contributed by atoms with Crippen LogP contribution in [0, 0.1) is 27.9 Å². The highest BCUT2D eigenvalue weighted by atomic mass is 32.2. The summed E-state index contributed by atoms with van der Waals surface area (Å²) in [6, 6.07) is 35.4. The summed E-state index contributed by atoms with van der Waals surface area (Å²) >= 11 is 3.40. The van der Waals surface area contributed by atoms with Gasteiger partial charge in [-0.3, -0.25) is 10.1 Å². The number of nitro benzene ring substituents is 1. The van der Waals surface area contributed by atoms with Crippen LogP contribution in [0.3, 0.4) is 0 Å². The molecule has 0 spiro atoms. The predicted molar refractivity (Wildman–Crippen MR) is 251 cm³/mol. The summed E-state index contributed by atoms with van der Waals surface area (Å²) in [6.07, 6.45) is 11.5. The summed E-state index contributed by atoms with van der Waals surface area (Å²) in [6.45, 7) is 4.70. The molecule has 5 aromatic carbocycles. The van der Waals surface area contributed by atoms with Gasteiger partial charge < -0.3 is 29.3 Å². The van der Waals surface area contributed by atoms with Crippen LogP contribution in [0.2, 0.25) is 0 Å². The van der Waals surface area contributed by atoms with E-state index in [0.29, 0.717) is 25.0 Å². The van der Waals surface area contributed by atoms with Crippen molar-refractivity contribution in [2.24, 2.45) is 22.9 Å². The van der Waals surface area contributed by atoms with Crippen molar-refractivity contribution in [3.8, 4) is 17.2 Å². The van der Waals surface area contributed by atoms with E-state index in [2.05, 4.69) is 73.5 Å². The monoisotopic (exact) mass is 886 g/mol. The highest BCUT2D eigenvalue weighted by Crippen LogP contribution is 2.63. The zero-order valence-electron chi connectivity index (χ0n) is 35.5. The van der Waals surface area contributed by atoms with Crippen molar-refractivity contribution < 1.29 is 34.2 Å². The molecule has 5 aromatic rings. The fraction of sp³-hybridized carbons (Fsp3) is 0.353. The van der Waals surface area contributed by atoms with Gasteiger partial charge in [-0.1, -0.05) is 60.5 Å². The van der Waals surface area contributed by atoms with E-state index in [1.165, 1.54) is 12.1 Å². The molecule has 0 radical (unpaired) electrons. The van der Waals surface area contributed by atoms with Gasteiger partial charge in [-0.2, -0.15) is 0 Å². The van der Waals surface area contributed by atoms with Gasteiger partial charge in [0.15, 0.2) is 0 Å². The predicted octanol–water partition coefficient (Wildman–Crippen LogP) is 11.9. The van der Waals surface area contributed by atoms with Crippen LogP contribution in [0.25, 0.3) is 10.8 Å². The normalized spacial score (nSPS) is 23.0. The van der Waals surface area contributed by atoms with Gasteiger partial charge in [0.25, 0.3) is 5.69 Å². The Morgan fingerprint density at radius 2 is 1.62 bits per heavy atom. The van der Waals surface area contributed by atoms with Crippen molar-refractivity contribution in [2.45, 2.75) is 78.3 Å². The summed E-state index contributed by atoms with van der Waals surface area (Å²) < 4.78 is 21.1. The van der Waals surface area contributed by atoms with E-state index in [-0.39, 0.29) is 61.0 Å². The second-order valence-corrected chi connectivity index (χ2v) is 18.5. The van der Waals surface area contributed by atoms with Gasteiger partial charge in [0, 0.05) is 53.0 Å². The molecular weight excluding hydrogens is 833 g/mol. The van der Waals surface area contributed by atoms with Crippen LogP contribution in [0.5, 0.6) is 17.2 Å². The molecule has 8 rings (SSSR count). The third-order valence-corrected chi connectivity index (χ3v) is 14.5. The molecule has 2 aliphatic carbocycles. The average Bonchev–Trinajstić information content (AvgIpc) is 3.30. The SMILES string of the molecule is C=CCOC12Oc3ccc(Oc4ccc(SC)cc4)cc3C3C(CCCCO)C(CCCCO)C=C(C(=NOCc4ccc([N+](=O)[O-])cc4)CC1Sc1ccc4ccccc4c1)C32. The van der Waals surface area contributed by atoms with Crippen LogP contribution < -0.4 is 9.47 Å². The molecule has 0 bridgehead atoms. The summed E-state index contributed by atoms with van der Waals surface area (Å²) in [7, 11) is 0. The van der Waals surface area contributed by atoms with Crippen LogP contribution >= 0.6 is 23.5 Å². The Balaban J connectivity index is 1.28. The highest BCUT2D eigenvalue weighted by Gasteiger charge is 2.64. The Kier molecular flexibility index (Phi) is 14.5. The lowest BCUT2D eigenvalue weighted by atomic mass is 9.56. The third kappa shape index (κ3) is 9.85. The molecular formula is C51H54N2O8S2. The van der Waals surface area contributed by atoms with Gasteiger partial charge in [0.2, 0.25) is 5.79 Å². The van der Waals surface area contributed by atoms with E-state index < -0.39 is 10.7 Å². The van der Waals surface area contributed by atoms with Crippen molar-refractivity contribution >= 4 is 45.7 Å². The summed E-state index contributed by atoms with van der Waals surface area (Å²) in [5.74, 6) is 0.821. The number of hydrogen-bond donors (Lipinski definition) is 2. The van der Waals surface area contributed by atoms with Crippen LogP contribution in [0.15, 0.2) is 148 Å². The summed E-state index contributed by atoms with van der Waals surface area (Å²) in [5.41, 5.74) is 3.63. The molecule has 2 N–H and O–H groups in total. The molecule has 1 aliphatic heterocycles. The first-order valence-electron chi connectivity index (χ1n) is 21.7. The lowest BCUT2D eigenvalue weighted by Crippen LogP contribution is -2.64. The number of thioether (sulfide) groups is 2. The van der Waals surface area contributed by atoms with Gasteiger partial charge in [0.1, 0.15) is 23.9 Å². The van der Waals surface area contributed by atoms with Crippen LogP contribution in [0.4, 0.5) is 5.69 Å². The van der Waals surface area contributed by atoms with E-state index in [1.54, 1.807) is 41.7 Å². The van der Waals surface area contributed by atoms with Crippen molar-refractivity contribution in [1.82, 2.24) is 0 Å². The Hall–Kier alpha value is -5.11. The van der Waals surface area contributed by atoms with Gasteiger partial charge in [0.05, 0.1) is 28.4 Å². The maximum Gasteiger partial charge on any atom is 0.269 e. The molecule has 63 heavy (non-hydrogen) atoms. The maximum atomic E-state index is 11.4. The number of unbranched alkanes of at least 4 members (excludes halogenated alkanes) is 2. The molecule has 6 unspecified atom stereocenters. The molecule has 0 aromatic heterocycles. The Morgan fingerprint density at radius 3 is 2.35 bits per heavy atom. The average molecular weight is 887 g/mol. The second-order valence-electron chi connectivity index (χ2n) is 16.3. The molecule has 3 aliphatic rings. The quantitative estimate of drug-likeness (QED) is 0.0256. The summed E-state index contributed by atoms with van der Waals surface area (Å²) in [4.78, 5) is 19.4. The van der Waals surface area contributed by atoms with E-state index in [1.807, 2.05) is 30.3 Å². The molecule has 1 saturated carbocycles. The van der Waals surface area contributed by atoms with Gasteiger partial charge in [-0.05, 0) is 132 Å². The topological polar surface area (TPSA) is 133 Å². The number of aliphatic hydroxyl groups excluding tert-OH is 2. The minimum absolute atomic E-state index is 0.0144. The van der Waals surface area contributed by atoms with Crippen LogP contribution in [0.1, 0.15) is 62.0 Å². The largest absolute Gasteiger partial charge is 0.460 e. The standard InChI is InChI=1S/C51H54N2O8S2/c1-3-28-58-51-48(63-42-22-16-35-10-4-5-11-36(35)29-42)32-46(52-59-33-34-14-17-38(18-15-34)53(56)57)44-30-37(12-6-8-26-54)43(13-7-9-27-55)49(50(44)51)45-31-40(21-25-47(45)61-51)60-39-19-23-41(62-2)24-20-39/h3-5,10-11,14-25,29-31,37,43,48-50,54-55H,1,6-9,12-13,26-28,32-33H2,2H3. The number of fused-ring (bicyclic) bond motifs is 3. The molecule has 1 fully saturated rings. The van der Waals surface area contributed by atoms with Crippen molar-refractivity contribution in [3.63, 3.8) is 0 Å². The fourth-order valence-electron chi connectivity index (χ4n) is 9.57. The molecule has 6 atom stereocenters. The Morgan fingerprint density at radius 1 is 0.889 bits per heavy atom. The molecule has 12 heteroatoms. The zero-order valence-corrected chi connectivity index (χ0v) is 37.1. The third-order valence-electron chi connectivity index (χ3n) is 12.5. The number of rotatable bonds is 20. The van der Waals surface area contributed by atoms with E-state index in [9.17, 15) is 20.3 Å². The number of benzene rings is 5. The van der Waals surface area contributed by atoms with Crippen molar-refractivity contribution in [2.75, 3.05) is 26.1 Å². The lowest BCUT2D eigenvalue weighted by Gasteiger charge is -2.58. The first kappa shape index (κ1) is 44.5. The first-order chi connectivity index (χ1) is 30.8. The molecule has 1 heterocycles. The Bertz CT molecular complexity index is 2440. The molecule has 0 saturated heterocycles. The number of nitrogens with zero attached hydrogens (tertiary/aromatic N) is 2. The zero-order chi connectivity index (χ0) is 43.8. The smallest absolute Gasteiger partial charge is 0.269 e. The molecule has 10 nitrogen and oxygen atoms in total. The van der Waals surface area contributed by atoms with Crippen LogP contribution in [-0.4, -0.2) is 58.0 Å². The van der Waals surface area contributed by atoms with Crippen molar-refractivity contribution in [1.29, 1.82) is 0 Å². The van der Waals surface area contributed by atoms with Gasteiger partial charge in [-0.15, -0.1) is 30.1 Å². The number of non-ortho nitro benzene ring substituents is 1. The van der Waals surface area contributed by atoms with Crippen molar-refractivity contribution in [3.05, 3.63) is 155 Å². The highest BCUT2D eigenvalue weighted by molar-refractivity contribution is 8.00. The number of oxime groups is 1. The number of ether oxygens (including phenoxy) is 3. The Labute approximate surface area is 377 Å².